The first-order valence-corrected chi connectivity index (χ1v) is 8.78. The van der Waals surface area contributed by atoms with Crippen LogP contribution in [0.2, 0.25) is 5.02 Å². The number of fused-ring (bicyclic) bond motifs is 1. The quantitative estimate of drug-likeness (QED) is 0.615. The van der Waals surface area contributed by atoms with Gasteiger partial charge in [-0.1, -0.05) is 11.6 Å². The molecule has 0 saturated carbocycles. The van der Waals surface area contributed by atoms with Gasteiger partial charge in [0.05, 0.1) is 17.2 Å². The van der Waals surface area contributed by atoms with Crippen molar-refractivity contribution in [1.82, 2.24) is 9.97 Å². The van der Waals surface area contributed by atoms with E-state index in [1.165, 1.54) is 30.0 Å². The Morgan fingerprint density at radius 3 is 2.85 bits per heavy atom. The lowest BCUT2D eigenvalue weighted by molar-refractivity contribution is 0.0991. The molecule has 3 N–H and O–H groups in total. The topological polar surface area (TPSA) is 80.9 Å². The number of nitrogens with one attached hydrogen (secondary N) is 1. The molecule has 0 atom stereocenters. The summed E-state index contributed by atoms with van der Waals surface area (Å²) in [5, 5.41) is 3.49. The molecular weight excluding hydrogens is 382 g/mol. The molecule has 2 aromatic carbocycles. The summed E-state index contributed by atoms with van der Waals surface area (Å²) in [4.78, 5) is 20.5. The normalized spacial score (nSPS) is 10.9. The van der Waals surface area contributed by atoms with E-state index in [0.717, 1.165) is 0 Å². The number of hydrogen-bond acceptors (Lipinski definition) is 5. The molecule has 0 aliphatic carbocycles. The zero-order valence-electron chi connectivity index (χ0n) is 13.2. The molecule has 0 bridgehead atoms. The standard InChI is InChI=1S/C17H12ClF2N4OS/c18-12-7-9(1-4-13(12)20)22-16-11-3-2-10(26-6-5-19)8-14(11)23-17(24-16)15(21)25/h1,3-4,7-8H,5-6H2,(H2,21,25)(H,22,23,24). The number of rotatable bonds is 6. The number of carbonyl (C=O) groups is 1. The van der Waals surface area contributed by atoms with Gasteiger partial charge < -0.3 is 11.1 Å². The number of primary amides is 1. The van der Waals surface area contributed by atoms with E-state index < -0.39 is 18.4 Å². The zero-order valence-corrected chi connectivity index (χ0v) is 14.8. The van der Waals surface area contributed by atoms with E-state index in [4.69, 9.17) is 17.3 Å². The van der Waals surface area contributed by atoms with Crippen LogP contribution in [-0.4, -0.2) is 28.3 Å². The number of carbonyl (C=O) groups excluding carboxylic acids is 1. The van der Waals surface area contributed by atoms with E-state index in [9.17, 15) is 13.6 Å². The average molecular weight is 394 g/mol. The third-order valence-corrected chi connectivity index (χ3v) is 4.53. The van der Waals surface area contributed by atoms with Crippen molar-refractivity contribution in [3.05, 3.63) is 53.1 Å². The largest absolute Gasteiger partial charge is 0.363 e. The van der Waals surface area contributed by atoms with Crippen LogP contribution in [0.15, 0.2) is 35.2 Å². The second-order valence-corrected chi connectivity index (χ2v) is 6.69. The molecule has 1 heterocycles. The van der Waals surface area contributed by atoms with Gasteiger partial charge in [0, 0.05) is 21.7 Å². The maximum Gasteiger partial charge on any atom is 0.286 e. The van der Waals surface area contributed by atoms with Crippen molar-refractivity contribution < 1.29 is 13.6 Å². The zero-order chi connectivity index (χ0) is 18.7. The second kappa shape index (κ2) is 7.84. The van der Waals surface area contributed by atoms with E-state index in [1.807, 2.05) is 0 Å². The minimum atomic E-state index is -0.794. The summed E-state index contributed by atoms with van der Waals surface area (Å²) in [7, 11) is 0. The molecule has 3 aromatic rings. The van der Waals surface area contributed by atoms with Crippen LogP contribution in [-0.2, 0) is 0 Å². The van der Waals surface area contributed by atoms with E-state index in [-0.39, 0.29) is 16.6 Å². The first-order chi connectivity index (χ1) is 12.5. The lowest BCUT2D eigenvalue weighted by Gasteiger charge is -2.11. The van der Waals surface area contributed by atoms with Crippen LogP contribution in [0, 0.1) is 11.9 Å². The number of halogens is 3. The summed E-state index contributed by atoms with van der Waals surface area (Å²) in [5.74, 6) is -0.941. The Hall–Kier alpha value is -2.45. The fourth-order valence-electron chi connectivity index (χ4n) is 2.20. The highest BCUT2D eigenvalue weighted by molar-refractivity contribution is 7.99. The number of benzene rings is 2. The molecule has 0 aliphatic rings. The van der Waals surface area contributed by atoms with Crippen molar-refractivity contribution in [2.24, 2.45) is 5.73 Å². The molecule has 1 radical (unpaired) electrons. The van der Waals surface area contributed by atoms with Gasteiger partial charge >= 0.3 is 0 Å². The minimum Gasteiger partial charge on any atom is -0.363 e. The monoisotopic (exact) mass is 393 g/mol. The Morgan fingerprint density at radius 2 is 2.15 bits per heavy atom. The summed E-state index contributed by atoms with van der Waals surface area (Å²) in [5.41, 5.74) is 6.23. The highest BCUT2D eigenvalue weighted by Gasteiger charge is 2.13. The van der Waals surface area contributed by atoms with Gasteiger partial charge in [0.25, 0.3) is 5.91 Å². The molecule has 0 unspecified atom stereocenters. The van der Waals surface area contributed by atoms with E-state index in [2.05, 4.69) is 21.4 Å². The SMILES string of the molecule is NC(=O)c1nc(Nc2ccc(F)c(Cl)c2)c2c[c]c(SCCF)cc2n1. The molecular formula is C17H12ClF2N4OS. The van der Waals surface area contributed by atoms with Crippen LogP contribution in [0.4, 0.5) is 20.3 Å². The second-order valence-electron chi connectivity index (χ2n) is 5.15. The Labute approximate surface area is 157 Å². The van der Waals surface area contributed by atoms with Crippen molar-refractivity contribution in [1.29, 1.82) is 0 Å². The number of nitrogens with two attached hydrogens (primary N) is 1. The number of nitrogens with zero attached hydrogens (tertiary/aromatic N) is 2. The maximum atomic E-state index is 13.3. The smallest absolute Gasteiger partial charge is 0.286 e. The lowest BCUT2D eigenvalue weighted by Crippen LogP contribution is -2.16. The van der Waals surface area contributed by atoms with Gasteiger partial charge in [-0.05, 0) is 36.4 Å². The number of amides is 1. The van der Waals surface area contributed by atoms with Crippen LogP contribution in [0.3, 0.4) is 0 Å². The minimum absolute atomic E-state index is 0.0556. The van der Waals surface area contributed by atoms with Crippen molar-refractivity contribution in [2.75, 3.05) is 17.7 Å². The highest BCUT2D eigenvalue weighted by Crippen LogP contribution is 2.29. The molecule has 0 saturated heterocycles. The number of thioether (sulfide) groups is 1. The third kappa shape index (κ3) is 4.03. The lowest BCUT2D eigenvalue weighted by atomic mass is 10.2. The van der Waals surface area contributed by atoms with Gasteiger partial charge in [-0.2, -0.15) is 0 Å². The summed E-state index contributed by atoms with van der Waals surface area (Å²) in [6, 6.07) is 10.4. The third-order valence-electron chi connectivity index (χ3n) is 3.34. The Balaban J connectivity index is 2.06. The van der Waals surface area contributed by atoms with Crippen molar-refractivity contribution in [3.8, 4) is 0 Å². The van der Waals surface area contributed by atoms with Crippen LogP contribution in [0.25, 0.3) is 10.9 Å². The Bertz CT molecular complexity index is 986. The number of alkyl halides is 1. The van der Waals surface area contributed by atoms with Crippen LogP contribution in [0.5, 0.6) is 0 Å². The fraction of sp³-hybridized carbons (Fsp3) is 0.118. The molecule has 26 heavy (non-hydrogen) atoms. The van der Waals surface area contributed by atoms with Crippen LogP contribution in [0.1, 0.15) is 10.6 Å². The number of hydrogen-bond donors (Lipinski definition) is 2. The van der Waals surface area contributed by atoms with Crippen LogP contribution < -0.4 is 11.1 Å². The molecule has 1 amide bonds. The van der Waals surface area contributed by atoms with Gasteiger partial charge in [-0.15, -0.1) is 11.8 Å². The van der Waals surface area contributed by atoms with E-state index in [1.54, 1.807) is 12.1 Å². The first-order valence-electron chi connectivity index (χ1n) is 7.42. The number of anilines is 2. The van der Waals surface area contributed by atoms with Crippen LogP contribution >= 0.6 is 23.4 Å². The molecule has 5 nitrogen and oxygen atoms in total. The fourth-order valence-corrected chi connectivity index (χ4v) is 3.01. The Kier molecular flexibility index (Phi) is 5.53. The molecule has 3 rings (SSSR count). The summed E-state index contributed by atoms with van der Waals surface area (Å²) < 4.78 is 25.7. The van der Waals surface area contributed by atoms with E-state index in [0.29, 0.717) is 27.3 Å². The number of aromatic nitrogens is 2. The van der Waals surface area contributed by atoms with E-state index >= 15 is 0 Å². The predicted octanol–water partition coefficient (Wildman–Crippen LogP) is 4.13. The highest BCUT2D eigenvalue weighted by atomic mass is 35.5. The molecule has 1 aromatic heterocycles. The summed E-state index contributed by atoms with van der Waals surface area (Å²) in [6.45, 7) is -0.467. The molecule has 0 spiro atoms. The van der Waals surface area contributed by atoms with Gasteiger partial charge in [0.2, 0.25) is 5.82 Å². The van der Waals surface area contributed by atoms with Gasteiger partial charge in [0.15, 0.2) is 0 Å². The van der Waals surface area contributed by atoms with Crippen molar-refractivity contribution in [2.45, 2.75) is 4.90 Å². The summed E-state index contributed by atoms with van der Waals surface area (Å²) in [6.07, 6.45) is 0. The molecule has 0 aliphatic heterocycles. The maximum absolute atomic E-state index is 13.3. The van der Waals surface area contributed by atoms with Crippen molar-refractivity contribution in [3.63, 3.8) is 0 Å². The molecule has 9 heteroatoms. The van der Waals surface area contributed by atoms with Gasteiger partial charge in [-0.3, -0.25) is 9.18 Å². The average Bonchev–Trinajstić information content (AvgIpc) is 2.62. The Morgan fingerprint density at radius 1 is 1.35 bits per heavy atom. The first kappa shape index (κ1) is 18.3. The predicted molar refractivity (Wildman–Crippen MR) is 98.3 cm³/mol. The van der Waals surface area contributed by atoms with Gasteiger partial charge in [-0.25, -0.2) is 14.4 Å². The molecule has 0 fully saturated rings. The summed E-state index contributed by atoms with van der Waals surface area (Å²) >= 11 is 7.06. The van der Waals surface area contributed by atoms with Gasteiger partial charge in [0.1, 0.15) is 11.6 Å². The van der Waals surface area contributed by atoms with Crippen molar-refractivity contribution >= 4 is 51.7 Å². The molecule has 133 valence electrons.